The van der Waals surface area contributed by atoms with Crippen LogP contribution in [0.5, 0.6) is 0 Å². The van der Waals surface area contributed by atoms with E-state index in [-0.39, 0.29) is 57.6 Å². The van der Waals surface area contributed by atoms with Gasteiger partial charge in [-0.1, -0.05) is 25.0 Å². The van der Waals surface area contributed by atoms with Crippen LogP contribution in [0, 0.1) is 11.8 Å². The average Bonchev–Trinajstić information content (AvgIpc) is 3.49. The molecule has 0 saturated carbocycles. The number of aromatic nitrogens is 1. The number of hydrogen-bond acceptors (Lipinski definition) is 15. The van der Waals surface area contributed by atoms with Gasteiger partial charge in [-0.25, -0.2) is 4.79 Å². The highest BCUT2D eigenvalue weighted by atomic mass is 32.2. The van der Waals surface area contributed by atoms with Gasteiger partial charge in [-0.3, -0.25) is 24.0 Å². The summed E-state index contributed by atoms with van der Waals surface area (Å²) in [5.41, 5.74) is 6.44. The molecule has 0 N–H and O–H groups in total. The first-order valence-electron chi connectivity index (χ1n) is 21.8. The maximum absolute atomic E-state index is 14.5. The van der Waals surface area contributed by atoms with E-state index in [0.29, 0.717) is 57.4 Å². The van der Waals surface area contributed by atoms with Crippen LogP contribution in [-0.4, -0.2) is 158 Å². The van der Waals surface area contributed by atoms with Crippen molar-refractivity contribution in [3.8, 4) is 0 Å². The van der Waals surface area contributed by atoms with Gasteiger partial charge in [0.1, 0.15) is 17.9 Å². The number of pyridine rings is 1. The number of fused-ring (bicyclic) bond motifs is 1. The predicted molar refractivity (Wildman–Crippen MR) is 239 cm³/mol. The molecule has 0 radical (unpaired) electrons. The number of rotatable bonds is 14. The number of nitrogens with zero attached hydrogens (tertiary/aromatic N) is 7. The van der Waals surface area contributed by atoms with Gasteiger partial charge in [0.05, 0.1) is 41.9 Å². The molecule has 3 aliphatic heterocycles. The number of methoxy groups -OCH3 is 1. The average molecular weight is 928 g/mol. The molecule has 20 heteroatoms. The molecule has 356 valence electrons. The zero-order valence-corrected chi connectivity index (χ0v) is 40.9. The van der Waals surface area contributed by atoms with Crippen LogP contribution in [0.25, 0.3) is 10.4 Å². The van der Waals surface area contributed by atoms with Crippen LogP contribution in [0.1, 0.15) is 92.7 Å². The summed E-state index contributed by atoms with van der Waals surface area (Å²) in [4.78, 5) is 55.2. The Morgan fingerprint density at radius 3 is 2.46 bits per heavy atom. The second kappa shape index (κ2) is 25.5. The summed E-state index contributed by atoms with van der Waals surface area (Å²) in [5, 5.41) is 3.65. The van der Waals surface area contributed by atoms with E-state index >= 15 is 0 Å². The van der Waals surface area contributed by atoms with Gasteiger partial charge in [0, 0.05) is 74.8 Å². The predicted octanol–water partition coefficient (Wildman–Crippen LogP) is 7.66. The van der Waals surface area contributed by atoms with Crippen LogP contribution in [0.3, 0.4) is 0 Å². The Hall–Kier alpha value is -3.15. The molecule has 0 aliphatic carbocycles. The maximum atomic E-state index is 14.5. The first-order chi connectivity index (χ1) is 29.8. The molecule has 1 aromatic heterocycles. The third-order valence-corrected chi connectivity index (χ3v) is 13.6. The quantitative estimate of drug-likeness (QED) is 0.0335. The van der Waals surface area contributed by atoms with E-state index in [0.717, 1.165) is 0 Å². The molecule has 1 aromatic rings. The zero-order chi connectivity index (χ0) is 47.1. The fraction of sp³-hybridized carbons (Fsp3) is 0.814. The van der Waals surface area contributed by atoms with Crippen LogP contribution < -0.4 is 0 Å². The largest absolute Gasteiger partial charge is 0.461 e. The van der Waals surface area contributed by atoms with Crippen LogP contribution in [0.2, 0.25) is 0 Å². The van der Waals surface area contributed by atoms with Crippen LogP contribution in [0.15, 0.2) is 29.5 Å². The van der Waals surface area contributed by atoms with E-state index in [4.69, 9.17) is 34.0 Å². The Kier molecular flexibility index (Phi) is 21.9. The minimum absolute atomic E-state index is 0.00611. The molecule has 3 aliphatic rings. The molecule has 4 rings (SSSR count). The van der Waals surface area contributed by atoms with Gasteiger partial charge < -0.3 is 38.2 Å². The highest BCUT2D eigenvalue weighted by molar-refractivity contribution is 7.93. The van der Waals surface area contributed by atoms with Crippen LogP contribution in [-0.2, 0) is 49.0 Å². The van der Waals surface area contributed by atoms with Crippen LogP contribution in [0.4, 0.5) is 8.68 Å². The maximum Gasteiger partial charge on any atom is 0.410 e. The number of ether oxygens (including phenoxy) is 6. The van der Waals surface area contributed by atoms with E-state index in [2.05, 4.69) is 26.8 Å². The van der Waals surface area contributed by atoms with Crippen molar-refractivity contribution in [2.45, 2.75) is 159 Å². The molecule has 4 heterocycles. The number of esters is 2. The molecule has 17 nitrogen and oxygen atoms in total. The first kappa shape index (κ1) is 54.2. The number of halogens is 1. The van der Waals surface area contributed by atoms with Gasteiger partial charge in [0.2, 0.25) is 0 Å². The molecule has 63 heavy (non-hydrogen) atoms. The molecule has 0 bridgehead atoms. The van der Waals surface area contributed by atoms with Crippen molar-refractivity contribution in [3.63, 3.8) is 0 Å². The Labute approximate surface area is 379 Å². The molecule has 1 amide bonds. The smallest absolute Gasteiger partial charge is 0.410 e. The summed E-state index contributed by atoms with van der Waals surface area (Å²) >= 11 is 0.250. The van der Waals surface area contributed by atoms with Gasteiger partial charge in [0.15, 0.2) is 20.4 Å². The first-order valence-corrected chi connectivity index (χ1v) is 23.8. The summed E-state index contributed by atoms with van der Waals surface area (Å²) in [6, 6.07) is 4.35. The summed E-state index contributed by atoms with van der Waals surface area (Å²) in [7, 11) is 7.35. The molecule has 4 unspecified atom stereocenters. The highest BCUT2D eigenvalue weighted by Gasteiger charge is 2.59. The van der Waals surface area contributed by atoms with Crippen LogP contribution >= 0.6 is 20.6 Å². The minimum Gasteiger partial charge on any atom is -0.461 e. The number of hydrogen-bond donors (Lipinski definition) is 0. The molecule has 0 aromatic carbocycles. The number of carbonyl (C=O) groups excluding carboxylic acids is 3. The number of amides is 1. The number of likely N-dealkylation sites (N-methyl/N-ethyl adjacent to an activating group) is 1. The lowest BCUT2D eigenvalue weighted by molar-refractivity contribution is -0.258. The Morgan fingerprint density at radius 1 is 1.17 bits per heavy atom. The lowest BCUT2D eigenvalue weighted by Gasteiger charge is -2.46. The standard InChI is InChI=1S/C42H68N7O10P.CH3FS/c1-12-33-42(7)37(49(40(52)59-42)20-16-15-19-45-46-43)29(5)48(10)25-26(2)24-41(6,54-11)34(58-39-36(60-53)31(47(8)9)21-27(3)55-39)23-32(28(4)38(51)57-33)56-35(50)22-30-17-13-14-18-44-30;1-3-2/h13-14,17-18,26-29,31-34,36-37,39H,12,15-16,19-25H2,1-11H3;1H3/t26-,27?,28-,29-,31?,32?,33-,34-,36?,37-,39+,41-,42-;/m1./s1. The Balaban J connectivity index is 0.00000342. The summed E-state index contributed by atoms with van der Waals surface area (Å²) in [5.74, 6) is -2.28. The fourth-order valence-electron chi connectivity index (χ4n) is 9.28. The Morgan fingerprint density at radius 2 is 1.87 bits per heavy atom. The summed E-state index contributed by atoms with van der Waals surface area (Å²) in [6.07, 6.45) is 1.03. The van der Waals surface area contributed by atoms with Crippen molar-refractivity contribution in [2.75, 3.05) is 54.1 Å². The number of unbranched alkanes of at least 4 members (excludes halogenated alkanes) is 1. The number of azide groups is 1. The molecule has 3 fully saturated rings. The Bertz CT molecular complexity index is 1670. The SMILES string of the molecule is CC[C@H]1OC(=O)[C@H](C)C(OC(=O)Cc2ccccn2)C[C@@H](O[C@@H]2OC(C)CC(N(C)C)C2P=O)[C@](C)(OC)C[C@@H](C)CN(C)[C@H](C)[C@H]2N(CCCCN=[N+]=[N-])C(=O)O[C@]12C.CSF. The summed E-state index contributed by atoms with van der Waals surface area (Å²) < 4.78 is 61.7. The normalized spacial score (nSPS) is 34.6. The molecule has 0 spiro atoms. The van der Waals surface area contributed by atoms with E-state index in [1.165, 1.54) is 6.26 Å². The van der Waals surface area contributed by atoms with Gasteiger partial charge >= 0.3 is 18.0 Å². The monoisotopic (exact) mass is 927 g/mol. The van der Waals surface area contributed by atoms with Crippen molar-refractivity contribution in [1.82, 2.24) is 19.7 Å². The van der Waals surface area contributed by atoms with E-state index < -0.39 is 71.5 Å². The topological polar surface area (TPSA) is 195 Å². The lowest BCUT2D eigenvalue weighted by Crippen LogP contribution is -2.61. The van der Waals surface area contributed by atoms with Gasteiger partial charge in [-0.05, 0) is 111 Å². The van der Waals surface area contributed by atoms with Crippen molar-refractivity contribution in [2.24, 2.45) is 17.0 Å². The third-order valence-electron chi connectivity index (χ3n) is 12.8. The highest BCUT2D eigenvalue weighted by Crippen LogP contribution is 2.42. The second-order valence-corrected chi connectivity index (χ2v) is 18.8. The summed E-state index contributed by atoms with van der Waals surface area (Å²) in [6.45, 7) is 14.6. The van der Waals surface area contributed by atoms with Crippen molar-refractivity contribution in [3.05, 3.63) is 40.5 Å². The fourth-order valence-corrected chi connectivity index (χ4v) is 10.1. The van der Waals surface area contributed by atoms with Gasteiger partial charge in [-0.15, -0.1) is 0 Å². The van der Waals surface area contributed by atoms with E-state index in [1.54, 1.807) is 43.3 Å². The van der Waals surface area contributed by atoms with Gasteiger partial charge in [0.25, 0.3) is 0 Å². The third kappa shape index (κ3) is 14.4. The minimum atomic E-state index is -1.26. The van der Waals surface area contributed by atoms with Crippen molar-refractivity contribution < 1.29 is 51.3 Å². The molecule has 3 saturated heterocycles. The molecular weight excluding hydrogens is 857 g/mol. The van der Waals surface area contributed by atoms with Gasteiger partial charge in [-0.2, -0.15) is 3.89 Å². The number of carbonyl (C=O) groups is 3. The molecule has 13 atom stereocenters. The number of cyclic esters (lactones) is 1. The zero-order valence-electron chi connectivity index (χ0n) is 39.2. The van der Waals surface area contributed by atoms with E-state index in [9.17, 15) is 22.8 Å². The van der Waals surface area contributed by atoms with E-state index in [1.807, 2.05) is 60.7 Å². The molecular formula is C43H71FN7O10PS. The lowest BCUT2D eigenvalue weighted by atomic mass is 9.82. The second-order valence-electron chi connectivity index (χ2n) is 17.7. The van der Waals surface area contributed by atoms with Crippen molar-refractivity contribution in [1.29, 1.82) is 0 Å². The van der Waals surface area contributed by atoms with Crippen molar-refractivity contribution >= 4 is 38.6 Å².